The first-order valence-electron chi connectivity index (χ1n) is 5.46. The van der Waals surface area contributed by atoms with Crippen molar-refractivity contribution in [3.63, 3.8) is 0 Å². The molecule has 4 nitrogen and oxygen atoms in total. The minimum atomic E-state index is 0. The standard InChI is InChI=1S/C9H21N3.C2H3N.2CH3.Rh/c1-10-4-6-11(2)8-9-12(3)7-5-10;1-2-3;;;/h4-9H2,1-3H3;1H3;2*1H3;/q;;2*-1;. The molecule has 1 heterocycles. The van der Waals surface area contributed by atoms with Crippen LogP contribution in [-0.2, 0) is 19.5 Å². The number of nitriles is 1. The van der Waals surface area contributed by atoms with Crippen molar-refractivity contribution in [3.8, 4) is 6.07 Å². The van der Waals surface area contributed by atoms with Crippen LogP contribution < -0.4 is 0 Å². The van der Waals surface area contributed by atoms with E-state index >= 15 is 0 Å². The summed E-state index contributed by atoms with van der Waals surface area (Å²) in [7, 11) is 6.60. The molecule has 0 unspecified atom stereocenters. The maximum Gasteiger partial charge on any atom is 0.0587 e. The SMILES string of the molecule is CC#N.CN1CCN(C)CCN(C)CC1.[CH3-].[CH3-].[Rh]. The van der Waals surface area contributed by atoms with Crippen molar-refractivity contribution in [1.29, 1.82) is 5.26 Å². The topological polar surface area (TPSA) is 33.5 Å². The Morgan fingerprint density at radius 2 is 0.833 bits per heavy atom. The van der Waals surface area contributed by atoms with E-state index in [9.17, 15) is 0 Å². The predicted molar refractivity (Wildman–Crippen MR) is 76.6 cm³/mol. The van der Waals surface area contributed by atoms with E-state index in [2.05, 4.69) is 35.8 Å². The third-order valence-electron chi connectivity index (χ3n) is 2.59. The van der Waals surface area contributed by atoms with Gasteiger partial charge in [-0.1, -0.05) is 0 Å². The van der Waals surface area contributed by atoms with E-state index in [0.717, 1.165) is 0 Å². The minimum Gasteiger partial charge on any atom is -0.358 e. The first-order valence-corrected chi connectivity index (χ1v) is 5.46. The third-order valence-corrected chi connectivity index (χ3v) is 2.59. The van der Waals surface area contributed by atoms with Crippen LogP contribution in [0.5, 0.6) is 0 Å². The van der Waals surface area contributed by atoms with Crippen LogP contribution in [0.15, 0.2) is 0 Å². The Bertz CT molecular complexity index is 158. The summed E-state index contributed by atoms with van der Waals surface area (Å²) < 4.78 is 0. The van der Waals surface area contributed by atoms with Gasteiger partial charge in [-0.2, -0.15) is 5.26 Å². The maximum absolute atomic E-state index is 7.32. The number of rotatable bonds is 0. The van der Waals surface area contributed by atoms with Crippen LogP contribution in [0, 0.1) is 26.2 Å². The summed E-state index contributed by atoms with van der Waals surface area (Å²) >= 11 is 0. The van der Waals surface area contributed by atoms with Gasteiger partial charge in [0.05, 0.1) is 6.07 Å². The van der Waals surface area contributed by atoms with Crippen molar-refractivity contribution >= 4 is 0 Å². The summed E-state index contributed by atoms with van der Waals surface area (Å²) in [4.78, 5) is 7.20. The predicted octanol–water partition coefficient (Wildman–Crippen LogP) is 1.22. The fourth-order valence-electron chi connectivity index (χ4n) is 1.36. The molecule has 1 aliphatic heterocycles. The zero-order valence-electron chi connectivity index (χ0n) is 12.9. The van der Waals surface area contributed by atoms with Crippen LogP contribution in [0.4, 0.5) is 0 Å². The van der Waals surface area contributed by atoms with E-state index in [4.69, 9.17) is 5.26 Å². The first-order chi connectivity index (χ1) is 7.10. The summed E-state index contributed by atoms with van der Waals surface area (Å²) in [5.41, 5.74) is 0. The molecule has 1 aliphatic rings. The molecule has 0 N–H and O–H groups in total. The van der Waals surface area contributed by atoms with Crippen LogP contribution in [0.3, 0.4) is 0 Å². The minimum absolute atomic E-state index is 0. The average molecular weight is 345 g/mol. The summed E-state index contributed by atoms with van der Waals surface area (Å²) in [5, 5.41) is 7.32. The van der Waals surface area contributed by atoms with Crippen molar-refractivity contribution in [2.75, 3.05) is 60.4 Å². The van der Waals surface area contributed by atoms with Crippen molar-refractivity contribution in [3.05, 3.63) is 14.9 Å². The Morgan fingerprint density at radius 3 is 0.944 bits per heavy atom. The van der Waals surface area contributed by atoms with Gasteiger partial charge in [0.15, 0.2) is 0 Å². The van der Waals surface area contributed by atoms with Crippen LogP contribution in [0.1, 0.15) is 6.92 Å². The molecule has 0 aromatic carbocycles. The summed E-state index contributed by atoms with van der Waals surface area (Å²) in [6.07, 6.45) is 0. The molecule has 0 aliphatic carbocycles. The Hall–Kier alpha value is -0.00662. The third kappa shape index (κ3) is 16.0. The number of nitrogens with zero attached hydrogens (tertiary/aromatic N) is 4. The molecule has 0 spiro atoms. The van der Waals surface area contributed by atoms with Gasteiger partial charge in [0, 0.05) is 65.7 Å². The van der Waals surface area contributed by atoms with Gasteiger partial charge in [0.25, 0.3) is 0 Å². The van der Waals surface area contributed by atoms with Crippen molar-refractivity contribution in [1.82, 2.24) is 14.7 Å². The smallest absolute Gasteiger partial charge is 0.0587 e. The van der Waals surface area contributed by atoms with Gasteiger partial charge in [0.1, 0.15) is 0 Å². The summed E-state index contributed by atoms with van der Waals surface area (Å²) in [6, 6.07) is 1.75. The molecule has 1 saturated heterocycles. The van der Waals surface area contributed by atoms with Gasteiger partial charge in [-0.05, 0) is 21.1 Å². The summed E-state index contributed by atoms with van der Waals surface area (Å²) in [5.74, 6) is 0. The van der Waals surface area contributed by atoms with E-state index in [-0.39, 0.29) is 34.3 Å². The monoisotopic (exact) mass is 345 g/mol. The van der Waals surface area contributed by atoms with Crippen LogP contribution in [-0.4, -0.2) is 75.1 Å². The largest absolute Gasteiger partial charge is 0.358 e. The number of hydrogen-bond acceptors (Lipinski definition) is 4. The molecule has 18 heavy (non-hydrogen) atoms. The Labute approximate surface area is 128 Å². The van der Waals surface area contributed by atoms with Crippen LogP contribution in [0.25, 0.3) is 0 Å². The van der Waals surface area contributed by atoms with Crippen molar-refractivity contribution < 1.29 is 19.5 Å². The molecule has 0 atom stereocenters. The second-order valence-electron chi connectivity index (χ2n) is 4.13. The molecule has 0 aromatic rings. The quantitative estimate of drug-likeness (QED) is 0.488. The molecule has 0 aromatic heterocycles. The zero-order chi connectivity index (χ0) is 11.7. The fraction of sp³-hybridized carbons (Fsp3) is 0.769. The van der Waals surface area contributed by atoms with Gasteiger partial charge in [-0.3, -0.25) is 0 Å². The van der Waals surface area contributed by atoms with E-state index in [0.29, 0.717) is 0 Å². The Morgan fingerprint density at radius 1 is 0.722 bits per heavy atom. The average Bonchev–Trinajstić information content (AvgIpc) is 2.26. The first kappa shape index (κ1) is 26.5. The molecule has 0 saturated carbocycles. The number of hydrogen-bond donors (Lipinski definition) is 0. The fourth-order valence-corrected chi connectivity index (χ4v) is 1.36. The normalized spacial score (nSPS) is 17.9. The number of likely N-dealkylation sites (N-methyl/N-ethyl adjacent to an activating group) is 3. The van der Waals surface area contributed by atoms with Gasteiger partial charge in [-0.15, -0.1) is 0 Å². The van der Waals surface area contributed by atoms with Crippen molar-refractivity contribution in [2.24, 2.45) is 0 Å². The van der Waals surface area contributed by atoms with Gasteiger partial charge in [0.2, 0.25) is 0 Å². The molecule has 1 fully saturated rings. The van der Waals surface area contributed by atoms with E-state index in [1.54, 1.807) is 6.07 Å². The zero-order valence-corrected chi connectivity index (χ0v) is 14.5. The molecule has 1 rings (SSSR count). The molecular formula is C13H30N4Rh-2. The molecule has 0 bridgehead atoms. The van der Waals surface area contributed by atoms with E-state index < -0.39 is 0 Å². The maximum atomic E-state index is 7.32. The molecule has 113 valence electrons. The molecule has 0 amide bonds. The molecule has 5 heteroatoms. The molecular weight excluding hydrogens is 315 g/mol. The van der Waals surface area contributed by atoms with Crippen LogP contribution in [0.2, 0.25) is 0 Å². The second kappa shape index (κ2) is 17.0. The summed E-state index contributed by atoms with van der Waals surface area (Å²) in [6.45, 7) is 8.62. The van der Waals surface area contributed by atoms with Crippen LogP contribution >= 0.6 is 0 Å². The van der Waals surface area contributed by atoms with Gasteiger partial charge < -0.3 is 29.6 Å². The van der Waals surface area contributed by atoms with Crippen molar-refractivity contribution in [2.45, 2.75) is 6.92 Å². The van der Waals surface area contributed by atoms with E-state index in [1.807, 2.05) is 0 Å². The van der Waals surface area contributed by atoms with Gasteiger partial charge in [-0.25, -0.2) is 0 Å². The van der Waals surface area contributed by atoms with Gasteiger partial charge >= 0.3 is 0 Å². The molecule has 1 radical (unpaired) electrons. The Kier molecular flexibility index (Phi) is 25.1. The Balaban J connectivity index is -0.000000149. The second-order valence-corrected chi connectivity index (χ2v) is 4.13. The van der Waals surface area contributed by atoms with E-state index in [1.165, 1.54) is 46.2 Å².